The molecule has 4 aromatic rings. The minimum absolute atomic E-state index is 0.727. The van der Waals surface area contributed by atoms with Gasteiger partial charge >= 0.3 is 0 Å². The first-order valence-corrected chi connectivity index (χ1v) is 12.7. The van der Waals surface area contributed by atoms with Crippen molar-refractivity contribution in [1.29, 1.82) is 0 Å². The lowest BCUT2D eigenvalue weighted by molar-refractivity contribution is 0.183. The van der Waals surface area contributed by atoms with E-state index >= 15 is 0 Å². The molecule has 3 nitrogen and oxygen atoms in total. The largest absolute Gasteiger partial charge is 0.492 e. The molecule has 1 aliphatic heterocycles. The summed E-state index contributed by atoms with van der Waals surface area (Å²) in [5, 5.41) is 2.31. The van der Waals surface area contributed by atoms with E-state index in [9.17, 15) is 0 Å². The van der Waals surface area contributed by atoms with E-state index in [1.165, 1.54) is 53.1 Å². The number of hydrogen-bond acceptors (Lipinski definition) is 4. The lowest BCUT2D eigenvalue weighted by atomic mass is 10.0. The van der Waals surface area contributed by atoms with E-state index in [-0.39, 0.29) is 0 Å². The van der Waals surface area contributed by atoms with Gasteiger partial charge in [-0.25, -0.2) is 0 Å². The van der Waals surface area contributed by atoms with Crippen LogP contribution in [0.5, 0.6) is 17.2 Å². The zero-order chi connectivity index (χ0) is 22.6. The van der Waals surface area contributed by atoms with Crippen LogP contribution in [0.4, 0.5) is 0 Å². The Morgan fingerprint density at radius 1 is 0.848 bits per heavy atom. The molecule has 1 aromatic heterocycles. The first kappa shape index (κ1) is 22.0. The van der Waals surface area contributed by atoms with E-state index in [0.717, 1.165) is 41.3 Å². The van der Waals surface area contributed by atoms with Crippen molar-refractivity contribution in [3.05, 3.63) is 77.2 Å². The third-order valence-electron chi connectivity index (χ3n) is 6.33. The summed E-state index contributed by atoms with van der Waals surface area (Å²) < 4.78 is 12.5. The molecule has 0 N–H and O–H groups in total. The molecule has 1 aliphatic rings. The number of likely N-dealkylation sites (tertiary alicyclic amines) is 1. The number of piperidine rings is 1. The molecule has 1 fully saturated rings. The van der Waals surface area contributed by atoms with Crippen LogP contribution < -0.4 is 9.47 Å². The summed E-state index contributed by atoms with van der Waals surface area (Å²) in [6.45, 7) is 8.46. The second-order valence-corrected chi connectivity index (χ2v) is 10.1. The van der Waals surface area contributed by atoms with E-state index in [1.807, 2.05) is 35.6 Å². The molecule has 0 amide bonds. The summed E-state index contributed by atoms with van der Waals surface area (Å²) in [4.78, 5) is 5.08. The fourth-order valence-corrected chi connectivity index (χ4v) is 5.69. The molecule has 0 unspecified atom stereocenters. The maximum atomic E-state index is 6.54. The van der Waals surface area contributed by atoms with Crippen molar-refractivity contribution in [3.63, 3.8) is 0 Å². The Morgan fingerprint density at radius 3 is 2.36 bits per heavy atom. The highest BCUT2D eigenvalue weighted by molar-refractivity contribution is 7.15. The van der Waals surface area contributed by atoms with E-state index in [1.54, 1.807) is 0 Å². The summed E-state index contributed by atoms with van der Waals surface area (Å²) in [6, 6.07) is 23.1. The van der Waals surface area contributed by atoms with Crippen LogP contribution in [0.1, 0.15) is 29.7 Å². The van der Waals surface area contributed by atoms with Crippen molar-refractivity contribution in [2.75, 3.05) is 26.2 Å². The smallest absolute Gasteiger partial charge is 0.143 e. The first-order chi connectivity index (χ1) is 16.2. The Labute approximate surface area is 200 Å². The molecule has 4 heteroatoms. The van der Waals surface area contributed by atoms with Gasteiger partial charge in [0, 0.05) is 27.2 Å². The van der Waals surface area contributed by atoms with Gasteiger partial charge in [-0.3, -0.25) is 4.90 Å². The lowest BCUT2D eigenvalue weighted by Gasteiger charge is -2.26. The Morgan fingerprint density at radius 2 is 1.61 bits per heavy atom. The average Bonchev–Trinajstić information content (AvgIpc) is 3.18. The van der Waals surface area contributed by atoms with Gasteiger partial charge < -0.3 is 9.47 Å². The summed E-state index contributed by atoms with van der Waals surface area (Å²) in [7, 11) is 0. The zero-order valence-electron chi connectivity index (χ0n) is 19.5. The maximum absolute atomic E-state index is 6.54. The highest BCUT2D eigenvalue weighted by Gasteiger charge is 2.16. The van der Waals surface area contributed by atoms with Gasteiger partial charge in [-0.2, -0.15) is 0 Å². The predicted octanol–water partition coefficient (Wildman–Crippen LogP) is 7.84. The van der Waals surface area contributed by atoms with E-state index in [4.69, 9.17) is 9.47 Å². The molecule has 3 aromatic carbocycles. The summed E-state index contributed by atoms with van der Waals surface area (Å²) in [6.07, 6.45) is 3.99. The highest BCUT2D eigenvalue weighted by atomic mass is 32.1. The van der Waals surface area contributed by atoms with Gasteiger partial charge in [0.25, 0.3) is 0 Å². The predicted molar refractivity (Wildman–Crippen MR) is 139 cm³/mol. The Bertz CT molecular complexity index is 1220. The third-order valence-corrected chi connectivity index (χ3v) is 7.52. The molecule has 0 saturated carbocycles. The van der Waals surface area contributed by atoms with Crippen LogP contribution in [-0.4, -0.2) is 31.1 Å². The van der Waals surface area contributed by atoms with Gasteiger partial charge in [-0.15, -0.1) is 11.3 Å². The number of aryl methyl sites for hydroxylation is 2. The number of nitrogens with zero attached hydrogens (tertiary/aromatic N) is 1. The Kier molecular flexibility index (Phi) is 6.65. The molecular weight excluding hydrogens is 426 g/mol. The number of hydrogen-bond donors (Lipinski definition) is 0. The van der Waals surface area contributed by atoms with Gasteiger partial charge in [-0.05, 0) is 87.1 Å². The summed E-state index contributed by atoms with van der Waals surface area (Å²) in [5.41, 5.74) is 2.43. The van der Waals surface area contributed by atoms with Crippen LogP contribution in [0, 0.1) is 13.8 Å². The first-order valence-electron chi connectivity index (χ1n) is 11.9. The van der Waals surface area contributed by atoms with Crippen LogP contribution in [0.3, 0.4) is 0 Å². The molecule has 5 rings (SSSR count). The average molecular weight is 458 g/mol. The molecule has 1 saturated heterocycles. The van der Waals surface area contributed by atoms with Gasteiger partial charge in [-0.1, -0.05) is 36.8 Å². The minimum Gasteiger partial charge on any atom is -0.492 e. The van der Waals surface area contributed by atoms with Crippen LogP contribution in [0.25, 0.3) is 21.2 Å². The van der Waals surface area contributed by atoms with Gasteiger partial charge in [0.05, 0.1) is 0 Å². The molecule has 0 bridgehead atoms. The van der Waals surface area contributed by atoms with Gasteiger partial charge in [0.2, 0.25) is 0 Å². The molecule has 33 heavy (non-hydrogen) atoms. The van der Waals surface area contributed by atoms with Crippen molar-refractivity contribution < 1.29 is 9.47 Å². The van der Waals surface area contributed by atoms with E-state index < -0.39 is 0 Å². The molecule has 170 valence electrons. The minimum atomic E-state index is 0.727. The topological polar surface area (TPSA) is 21.7 Å². The van der Waals surface area contributed by atoms with Crippen molar-refractivity contribution in [1.82, 2.24) is 4.90 Å². The number of benzene rings is 3. The fourth-order valence-electron chi connectivity index (χ4n) is 4.64. The Hall–Kier alpha value is -2.82. The molecule has 0 aliphatic carbocycles. The van der Waals surface area contributed by atoms with Crippen LogP contribution in [0.2, 0.25) is 0 Å². The quantitative estimate of drug-likeness (QED) is 0.282. The van der Waals surface area contributed by atoms with Gasteiger partial charge in [0.1, 0.15) is 23.9 Å². The monoisotopic (exact) mass is 457 g/mol. The van der Waals surface area contributed by atoms with Crippen LogP contribution >= 0.6 is 11.3 Å². The number of rotatable bonds is 7. The standard InChI is InChI=1S/C29H31NO2S/c1-21-20-22(2)33-29(21)27-15-10-23-8-4-5-9-26(23)28(27)32-25-13-11-24(12-14-25)31-19-18-30-16-6-3-7-17-30/h4-5,8-15,20H,3,6-7,16-19H2,1-2H3. The highest BCUT2D eigenvalue weighted by Crippen LogP contribution is 2.43. The van der Waals surface area contributed by atoms with Crippen molar-refractivity contribution in [3.8, 4) is 27.7 Å². The molecule has 0 spiro atoms. The number of fused-ring (bicyclic) bond motifs is 1. The third kappa shape index (κ3) is 5.07. The maximum Gasteiger partial charge on any atom is 0.143 e. The number of thiophene rings is 1. The summed E-state index contributed by atoms with van der Waals surface area (Å²) >= 11 is 1.82. The lowest BCUT2D eigenvalue weighted by Crippen LogP contribution is -2.33. The molecule has 0 atom stereocenters. The zero-order valence-corrected chi connectivity index (χ0v) is 20.3. The normalized spacial score (nSPS) is 14.5. The van der Waals surface area contributed by atoms with Crippen LogP contribution in [0.15, 0.2) is 66.7 Å². The summed E-state index contributed by atoms with van der Waals surface area (Å²) in [5.74, 6) is 2.63. The SMILES string of the molecule is Cc1cc(C)c(-c2ccc3ccccc3c2Oc2ccc(OCCN3CCCCC3)cc2)s1. The second-order valence-electron chi connectivity index (χ2n) is 8.86. The Balaban J connectivity index is 1.36. The van der Waals surface area contributed by atoms with E-state index in [0.29, 0.717) is 0 Å². The van der Waals surface area contributed by atoms with Crippen molar-refractivity contribution in [2.45, 2.75) is 33.1 Å². The molecule has 0 radical (unpaired) electrons. The molecule has 2 heterocycles. The second kappa shape index (κ2) is 9.98. The number of ether oxygens (including phenoxy) is 2. The van der Waals surface area contributed by atoms with Crippen molar-refractivity contribution in [2.24, 2.45) is 0 Å². The fraction of sp³-hybridized carbons (Fsp3) is 0.310. The van der Waals surface area contributed by atoms with Crippen molar-refractivity contribution >= 4 is 22.1 Å². The van der Waals surface area contributed by atoms with Gasteiger partial charge in [0.15, 0.2) is 0 Å². The van der Waals surface area contributed by atoms with E-state index in [2.05, 4.69) is 61.2 Å². The van der Waals surface area contributed by atoms with Crippen LogP contribution in [-0.2, 0) is 0 Å². The molecular formula is C29H31NO2S.